The minimum atomic E-state index is 0.550. The monoisotopic (exact) mass is 240 g/mol. The van der Waals surface area contributed by atoms with Gasteiger partial charge in [-0.1, -0.05) is 26.7 Å². The van der Waals surface area contributed by atoms with E-state index in [9.17, 15) is 0 Å². The van der Waals surface area contributed by atoms with E-state index in [2.05, 4.69) is 45.1 Å². The lowest BCUT2D eigenvalue weighted by atomic mass is 9.85. The average Bonchev–Trinajstić information content (AvgIpc) is 2.66. The van der Waals surface area contributed by atoms with Gasteiger partial charge >= 0.3 is 0 Å². The van der Waals surface area contributed by atoms with Gasteiger partial charge in [0.05, 0.1) is 0 Å². The summed E-state index contributed by atoms with van der Waals surface area (Å²) in [6.07, 6.45) is 6.98. The highest BCUT2D eigenvalue weighted by Gasteiger charge is 2.34. The van der Waals surface area contributed by atoms with Crippen molar-refractivity contribution in [3.8, 4) is 0 Å². The SMILES string of the molecule is CNCC1(CN(C)C(C)CC(C)C)CCCC1. The number of nitrogens with zero attached hydrogens (tertiary/aromatic N) is 1. The van der Waals surface area contributed by atoms with E-state index in [0.29, 0.717) is 11.5 Å². The van der Waals surface area contributed by atoms with Crippen molar-refractivity contribution in [2.24, 2.45) is 11.3 Å². The topological polar surface area (TPSA) is 15.3 Å². The predicted octanol–water partition coefficient (Wildman–Crippen LogP) is 3.13. The van der Waals surface area contributed by atoms with Crippen LogP contribution in [0.25, 0.3) is 0 Å². The quantitative estimate of drug-likeness (QED) is 0.735. The third-order valence-electron chi connectivity index (χ3n) is 4.37. The Hall–Kier alpha value is -0.0800. The molecule has 0 aliphatic heterocycles. The van der Waals surface area contributed by atoms with Crippen LogP contribution in [0.4, 0.5) is 0 Å². The molecule has 2 heteroatoms. The maximum Gasteiger partial charge on any atom is 0.00665 e. The predicted molar refractivity (Wildman–Crippen MR) is 76.4 cm³/mol. The van der Waals surface area contributed by atoms with Gasteiger partial charge in [-0.3, -0.25) is 0 Å². The largest absolute Gasteiger partial charge is 0.319 e. The van der Waals surface area contributed by atoms with E-state index in [1.165, 1.54) is 45.2 Å². The molecule has 1 N–H and O–H groups in total. The van der Waals surface area contributed by atoms with Gasteiger partial charge in [0.15, 0.2) is 0 Å². The summed E-state index contributed by atoms with van der Waals surface area (Å²) in [5.74, 6) is 0.802. The Bertz CT molecular complexity index is 207. The van der Waals surface area contributed by atoms with Crippen LogP contribution in [0, 0.1) is 11.3 Å². The van der Waals surface area contributed by atoms with Gasteiger partial charge in [0, 0.05) is 19.1 Å². The summed E-state index contributed by atoms with van der Waals surface area (Å²) >= 11 is 0. The third-order valence-corrected chi connectivity index (χ3v) is 4.37. The van der Waals surface area contributed by atoms with Crippen LogP contribution in [0.2, 0.25) is 0 Å². The highest BCUT2D eigenvalue weighted by molar-refractivity contribution is 4.89. The number of hydrogen-bond acceptors (Lipinski definition) is 2. The third kappa shape index (κ3) is 4.59. The molecule has 0 bridgehead atoms. The van der Waals surface area contributed by atoms with Gasteiger partial charge in [0.1, 0.15) is 0 Å². The molecule has 102 valence electrons. The minimum Gasteiger partial charge on any atom is -0.319 e. The van der Waals surface area contributed by atoms with E-state index in [-0.39, 0.29) is 0 Å². The van der Waals surface area contributed by atoms with Crippen molar-refractivity contribution in [3.63, 3.8) is 0 Å². The van der Waals surface area contributed by atoms with Crippen molar-refractivity contribution < 1.29 is 0 Å². The molecule has 0 aromatic rings. The number of nitrogens with one attached hydrogen (secondary N) is 1. The molecule has 0 heterocycles. The molecule has 0 saturated heterocycles. The summed E-state index contributed by atoms with van der Waals surface area (Å²) in [5, 5.41) is 3.41. The Morgan fingerprint density at radius 2 is 1.76 bits per heavy atom. The molecule has 0 amide bonds. The standard InChI is InChI=1S/C15H32N2/c1-13(2)10-14(3)17(5)12-15(11-16-4)8-6-7-9-15/h13-14,16H,6-12H2,1-5H3. The first-order valence-electron chi connectivity index (χ1n) is 7.34. The molecular formula is C15H32N2. The van der Waals surface area contributed by atoms with Crippen LogP contribution in [0.15, 0.2) is 0 Å². The fraction of sp³-hybridized carbons (Fsp3) is 1.00. The summed E-state index contributed by atoms with van der Waals surface area (Å²) in [6.45, 7) is 9.47. The van der Waals surface area contributed by atoms with E-state index in [0.717, 1.165) is 5.92 Å². The Kier molecular flexibility index (Phi) is 5.94. The van der Waals surface area contributed by atoms with Gasteiger partial charge in [0.2, 0.25) is 0 Å². The zero-order chi connectivity index (χ0) is 12.9. The number of hydrogen-bond donors (Lipinski definition) is 1. The molecule has 2 nitrogen and oxygen atoms in total. The maximum atomic E-state index is 3.41. The normalized spacial score (nSPS) is 21.4. The molecule has 1 saturated carbocycles. The Morgan fingerprint density at radius 3 is 2.24 bits per heavy atom. The highest BCUT2D eigenvalue weighted by Crippen LogP contribution is 2.38. The van der Waals surface area contributed by atoms with Crippen LogP contribution in [-0.4, -0.2) is 38.1 Å². The average molecular weight is 240 g/mol. The van der Waals surface area contributed by atoms with Crippen molar-refractivity contribution in [1.82, 2.24) is 10.2 Å². The van der Waals surface area contributed by atoms with Gasteiger partial charge in [-0.25, -0.2) is 0 Å². The minimum absolute atomic E-state index is 0.550. The van der Waals surface area contributed by atoms with Crippen LogP contribution in [0.1, 0.15) is 52.9 Å². The molecule has 1 fully saturated rings. The molecule has 17 heavy (non-hydrogen) atoms. The van der Waals surface area contributed by atoms with E-state index in [4.69, 9.17) is 0 Å². The molecular weight excluding hydrogens is 208 g/mol. The van der Waals surface area contributed by atoms with Crippen LogP contribution in [-0.2, 0) is 0 Å². The molecule has 1 atom stereocenters. The summed E-state index contributed by atoms with van der Waals surface area (Å²) in [4.78, 5) is 2.59. The fourth-order valence-electron chi connectivity index (χ4n) is 3.44. The lowest BCUT2D eigenvalue weighted by molar-refractivity contribution is 0.132. The first kappa shape index (κ1) is 15.0. The smallest absolute Gasteiger partial charge is 0.00665 e. The second kappa shape index (κ2) is 6.75. The highest BCUT2D eigenvalue weighted by atomic mass is 15.1. The van der Waals surface area contributed by atoms with E-state index in [1.54, 1.807) is 0 Å². The molecule has 0 aromatic carbocycles. The molecule has 1 aliphatic rings. The lowest BCUT2D eigenvalue weighted by Crippen LogP contribution is -2.43. The Morgan fingerprint density at radius 1 is 1.18 bits per heavy atom. The van der Waals surface area contributed by atoms with Crippen LogP contribution in [0.5, 0.6) is 0 Å². The van der Waals surface area contributed by atoms with Crippen LogP contribution in [0.3, 0.4) is 0 Å². The van der Waals surface area contributed by atoms with Crippen molar-refractivity contribution >= 4 is 0 Å². The summed E-state index contributed by atoms with van der Waals surface area (Å²) in [5.41, 5.74) is 0.550. The first-order valence-corrected chi connectivity index (χ1v) is 7.34. The van der Waals surface area contributed by atoms with Gasteiger partial charge in [-0.2, -0.15) is 0 Å². The molecule has 1 rings (SSSR count). The molecule has 0 aromatic heterocycles. The van der Waals surface area contributed by atoms with Crippen molar-refractivity contribution in [3.05, 3.63) is 0 Å². The molecule has 0 spiro atoms. The van der Waals surface area contributed by atoms with Crippen LogP contribution >= 0.6 is 0 Å². The van der Waals surface area contributed by atoms with Crippen molar-refractivity contribution in [1.29, 1.82) is 0 Å². The summed E-state index contributed by atoms with van der Waals surface area (Å²) in [6, 6.07) is 0.712. The molecule has 1 aliphatic carbocycles. The summed E-state index contributed by atoms with van der Waals surface area (Å²) < 4.78 is 0. The van der Waals surface area contributed by atoms with E-state index >= 15 is 0 Å². The Balaban J connectivity index is 2.49. The van der Waals surface area contributed by atoms with E-state index < -0.39 is 0 Å². The zero-order valence-corrected chi connectivity index (χ0v) is 12.6. The molecule has 1 unspecified atom stereocenters. The molecule has 0 radical (unpaired) electrons. The van der Waals surface area contributed by atoms with Crippen molar-refractivity contribution in [2.45, 2.75) is 58.9 Å². The van der Waals surface area contributed by atoms with Gasteiger partial charge in [-0.15, -0.1) is 0 Å². The second-order valence-corrected chi connectivity index (χ2v) is 6.63. The van der Waals surface area contributed by atoms with Gasteiger partial charge in [-0.05, 0) is 51.6 Å². The van der Waals surface area contributed by atoms with Crippen LogP contribution < -0.4 is 5.32 Å². The maximum absolute atomic E-state index is 3.41. The zero-order valence-electron chi connectivity index (χ0n) is 12.6. The second-order valence-electron chi connectivity index (χ2n) is 6.63. The van der Waals surface area contributed by atoms with Gasteiger partial charge in [0.25, 0.3) is 0 Å². The fourth-order valence-corrected chi connectivity index (χ4v) is 3.44. The number of rotatable bonds is 7. The van der Waals surface area contributed by atoms with Crippen molar-refractivity contribution in [2.75, 3.05) is 27.2 Å². The lowest BCUT2D eigenvalue weighted by Gasteiger charge is -2.37. The van der Waals surface area contributed by atoms with Gasteiger partial charge < -0.3 is 10.2 Å². The summed E-state index contributed by atoms with van der Waals surface area (Å²) in [7, 11) is 4.40. The Labute approximate surface area is 108 Å². The van der Waals surface area contributed by atoms with E-state index in [1.807, 2.05) is 0 Å². The first-order chi connectivity index (χ1) is 7.99.